The molecule has 1 N–H and O–H groups in total. The van der Waals surface area contributed by atoms with Gasteiger partial charge in [-0.15, -0.1) is 0 Å². The Hall–Kier alpha value is -2.88. The highest BCUT2D eigenvalue weighted by molar-refractivity contribution is 5.89. The number of aromatic carboxylic acids is 1. The summed E-state index contributed by atoms with van der Waals surface area (Å²) in [6, 6.07) is 14.8. The largest absolute Gasteiger partial charge is 0.497 e. The minimum absolute atomic E-state index is 0.273. The van der Waals surface area contributed by atoms with Crippen molar-refractivity contribution in [3.63, 3.8) is 0 Å². The zero-order valence-electron chi connectivity index (χ0n) is 13.9. The fourth-order valence-electron chi connectivity index (χ4n) is 2.74. The van der Waals surface area contributed by atoms with Gasteiger partial charge in [-0.25, -0.2) is 9.78 Å². The number of carboxylic acids is 1. The predicted molar refractivity (Wildman–Crippen MR) is 94.8 cm³/mol. The molecule has 1 aromatic heterocycles. The highest BCUT2D eigenvalue weighted by Gasteiger charge is 2.13. The van der Waals surface area contributed by atoms with Gasteiger partial charge in [0.15, 0.2) is 0 Å². The molecule has 122 valence electrons. The Labute approximate surface area is 140 Å². The maximum absolute atomic E-state index is 11.0. The van der Waals surface area contributed by atoms with Crippen LogP contribution in [0.2, 0.25) is 0 Å². The fraction of sp³-hybridized carbons (Fsp3) is 0.200. The lowest BCUT2D eigenvalue weighted by Gasteiger charge is -2.14. The second kappa shape index (κ2) is 6.32. The zero-order chi connectivity index (χ0) is 17.3. The summed E-state index contributed by atoms with van der Waals surface area (Å²) in [5, 5.41) is 10.1. The average molecular weight is 321 g/mol. The Bertz CT molecular complexity index is 899. The number of carbonyl (C=O) groups is 1. The second-order valence-corrected chi connectivity index (χ2v) is 6.02. The van der Waals surface area contributed by atoms with E-state index in [1.54, 1.807) is 19.2 Å². The number of aromatic nitrogens is 1. The Balaban J connectivity index is 2.18. The van der Waals surface area contributed by atoms with Crippen molar-refractivity contribution in [3.05, 3.63) is 59.7 Å². The van der Waals surface area contributed by atoms with E-state index in [0.29, 0.717) is 5.92 Å². The minimum atomic E-state index is -0.927. The number of rotatable bonds is 4. The lowest BCUT2D eigenvalue weighted by atomic mass is 9.95. The minimum Gasteiger partial charge on any atom is -0.497 e. The van der Waals surface area contributed by atoms with Gasteiger partial charge in [0.25, 0.3) is 0 Å². The zero-order valence-corrected chi connectivity index (χ0v) is 13.9. The van der Waals surface area contributed by atoms with Gasteiger partial charge in [-0.2, -0.15) is 0 Å². The van der Waals surface area contributed by atoms with Crippen molar-refractivity contribution < 1.29 is 14.6 Å². The van der Waals surface area contributed by atoms with E-state index in [-0.39, 0.29) is 5.56 Å². The highest BCUT2D eigenvalue weighted by Crippen LogP contribution is 2.32. The van der Waals surface area contributed by atoms with Crippen LogP contribution in [0.25, 0.3) is 22.2 Å². The number of hydrogen-bond donors (Lipinski definition) is 1. The molecule has 0 aliphatic rings. The number of methoxy groups -OCH3 is 1. The topological polar surface area (TPSA) is 59.4 Å². The third-order valence-electron chi connectivity index (χ3n) is 4.08. The summed E-state index contributed by atoms with van der Waals surface area (Å²) in [4.78, 5) is 15.8. The van der Waals surface area contributed by atoms with E-state index in [0.717, 1.165) is 33.5 Å². The number of nitrogens with zero attached hydrogens (tertiary/aromatic N) is 1. The highest BCUT2D eigenvalue weighted by atomic mass is 16.5. The van der Waals surface area contributed by atoms with Crippen molar-refractivity contribution in [2.24, 2.45) is 0 Å². The van der Waals surface area contributed by atoms with Crippen LogP contribution in [0.5, 0.6) is 5.75 Å². The number of fused-ring (bicyclic) bond motifs is 1. The SMILES string of the molecule is COc1ccc2nc(-c3ccc(C(=O)O)cc3)c(C(C)C)cc2c1. The van der Waals surface area contributed by atoms with E-state index in [1.165, 1.54) is 0 Å². The summed E-state index contributed by atoms with van der Waals surface area (Å²) < 4.78 is 5.29. The Kier molecular flexibility index (Phi) is 4.21. The first kappa shape index (κ1) is 16.0. The van der Waals surface area contributed by atoms with E-state index in [2.05, 4.69) is 19.9 Å². The fourth-order valence-corrected chi connectivity index (χ4v) is 2.74. The monoisotopic (exact) mass is 321 g/mol. The van der Waals surface area contributed by atoms with E-state index in [4.69, 9.17) is 14.8 Å². The third kappa shape index (κ3) is 2.95. The molecule has 0 unspecified atom stereocenters. The molecule has 1 heterocycles. The van der Waals surface area contributed by atoms with Crippen molar-refractivity contribution in [1.82, 2.24) is 4.98 Å². The Morgan fingerprint density at radius 2 is 1.79 bits per heavy atom. The summed E-state index contributed by atoms with van der Waals surface area (Å²) >= 11 is 0. The van der Waals surface area contributed by atoms with Crippen LogP contribution in [-0.2, 0) is 0 Å². The first-order chi connectivity index (χ1) is 11.5. The van der Waals surface area contributed by atoms with Crippen LogP contribution in [0.3, 0.4) is 0 Å². The van der Waals surface area contributed by atoms with E-state index >= 15 is 0 Å². The van der Waals surface area contributed by atoms with Crippen molar-refractivity contribution in [2.45, 2.75) is 19.8 Å². The number of hydrogen-bond acceptors (Lipinski definition) is 3. The molecule has 4 nitrogen and oxygen atoms in total. The standard InChI is InChI=1S/C20H19NO3/c1-12(2)17-11-15-10-16(24-3)8-9-18(15)21-19(17)13-4-6-14(7-5-13)20(22)23/h4-12H,1-3H3,(H,22,23). The summed E-state index contributed by atoms with van der Waals surface area (Å²) in [6.07, 6.45) is 0. The van der Waals surface area contributed by atoms with E-state index in [1.807, 2.05) is 30.3 Å². The molecule has 0 fully saturated rings. The second-order valence-electron chi connectivity index (χ2n) is 6.02. The van der Waals surface area contributed by atoms with Crippen LogP contribution in [-0.4, -0.2) is 23.2 Å². The van der Waals surface area contributed by atoms with Gasteiger partial charge in [-0.05, 0) is 47.9 Å². The molecule has 0 radical (unpaired) electrons. The summed E-state index contributed by atoms with van der Waals surface area (Å²) in [7, 11) is 1.65. The Morgan fingerprint density at radius 1 is 1.08 bits per heavy atom. The van der Waals surface area contributed by atoms with Crippen molar-refractivity contribution in [3.8, 4) is 17.0 Å². The summed E-state index contributed by atoms with van der Waals surface area (Å²) in [5.74, 6) is 0.170. The molecule has 3 aromatic rings. The molecule has 0 saturated carbocycles. The normalized spacial score (nSPS) is 11.0. The van der Waals surface area contributed by atoms with Gasteiger partial charge in [0, 0.05) is 10.9 Å². The number of ether oxygens (including phenoxy) is 1. The van der Waals surface area contributed by atoms with Crippen molar-refractivity contribution >= 4 is 16.9 Å². The van der Waals surface area contributed by atoms with Gasteiger partial charge in [-0.1, -0.05) is 26.0 Å². The molecule has 4 heteroatoms. The molecule has 0 aliphatic heterocycles. The first-order valence-corrected chi connectivity index (χ1v) is 7.82. The lowest BCUT2D eigenvalue weighted by molar-refractivity contribution is 0.0697. The molecule has 2 aromatic carbocycles. The first-order valence-electron chi connectivity index (χ1n) is 7.82. The molecular weight excluding hydrogens is 302 g/mol. The molecule has 0 amide bonds. The predicted octanol–water partition coefficient (Wildman–Crippen LogP) is 4.73. The molecular formula is C20H19NO3. The van der Waals surface area contributed by atoms with Gasteiger partial charge < -0.3 is 9.84 Å². The quantitative estimate of drug-likeness (QED) is 0.754. The smallest absolute Gasteiger partial charge is 0.335 e. The molecule has 0 saturated heterocycles. The maximum Gasteiger partial charge on any atom is 0.335 e. The van der Waals surface area contributed by atoms with Gasteiger partial charge in [0.05, 0.1) is 23.9 Å². The molecule has 24 heavy (non-hydrogen) atoms. The van der Waals surface area contributed by atoms with Crippen LogP contribution in [0, 0.1) is 0 Å². The molecule has 0 aliphatic carbocycles. The third-order valence-corrected chi connectivity index (χ3v) is 4.08. The van der Waals surface area contributed by atoms with Crippen molar-refractivity contribution in [1.29, 1.82) is 0 Å². The number of benzene rings is 2. The Morgan fingerprint density at radius 3 is 2.38 bits per heavy atom. The van der Waals surface area contributed by atoms with Gasteiger partial charge in [-0.3, -0.25) is 0 Å². The van der Waals surface area contributed by atoms with Crippen LogP contribution in [0.15, 0.2) is 48.5 Å². The lowest BCUT2D eigenvalue weighted by Crippen LogP contribution is -1.99. The molecule has 0 bridgehead atoms. The van der Waals surface area contributed by atoms with Crippen LogP contribution < -0.4 is 4.74 Å². The van der Waals surface area contributed by atoms with E-state index in [9.17, 15) is 4.79 Å². The molecule has 0 atom stereocenters. The summed E-state index contributed by atoms with van der Waals surface area (Å²) in [5.41, 5.74) is 4.09. The van der Waals surface area contributed by atoms with Gasteiger partial charge in [0.2, 0.25) is 0 Å². The molecule has 3 rings (SSSR count). The van der Waals surface area contributed by atoms with Crippen LogP contribution >= 0.6 is 0 Å². The van der Waals surface area contributed by atoms with Crippen LogP contribution in [0.1, 0.15) is 35.7 Å². The van der Waals surface area contributed by atoms with Gasteiger partial charge in [0.1, 0.15) is 5.75 Å². The molecule has 0 spiro atoms. The van der Waals surface area contributed by atoms with Gasteiger partial charge >= 0.3 is 5.97 Å². The van der Waals surface area contributed by atoms with Crippen LogP contribution in [0.4, 0.5) is 0 Å². The number of carboxylic acid groups (broad SMARTS) is 1. The number of pyridine rings is 1. The average Bonchev–Trinajstić information content (AvgIpc) is 2.60. The maximum atomic E-state index is 11.0. The summed E-state index contributed by atoms with van der Waals surface area (Å²) in [6.45, 7) is 4.25. The van der Waals surface area contributed by atoms with E-state index < -0.39 is 5.97 Å². The van der Waals surface area contributed by atoms with Crippen molar-refractivity contribution in [2.75, 3.05) is 7.11 Å².